The summed E-state index contributed by atoms with van der Waals surface area (Å²) in [6.45, 7) is 9.45. The van der Waals surface area contributed by atoms with Gasteiger partial charge in [0, 0.05) is 28.2 Å². The normalized spacial score (nSPS) is 20.9. The number of rotatable bonds is 2. The Morgan fingerprint density at radius 2 is 2.20 bits per heavy atom. The predicted octanol–water partition coefficient (Wildman–Crippen LogP) is 2.88. The second-order valence-corrected chi connectivity index (χ2v) is 6.86. The van der Waals surface area contributed by atoms with Crippen LogP contribution in [0.1, 0.15) is 54.6 Å². The molecule has 1 aliphatic carbocycles. The Bertz CT molecular complexity index is 636. The van der Waals surface area contributed by atoms with E-state index in [0.29, 0.717) is 0 Å². The van der Waals surface area contributed by atoms with Crippen LogP contribution in [0.3, 0.4) is 0 Å². The van der Waals surface area contributed by atoms with Crippen LogP contribution in [0.2, 0.25) is 0 Å². The molecule has 0 amide bonds. The molecule has 2 aromatic rings. The highest BCUT2D eigenvalue weighted by Gasteiger charge is 2.34. The van der Waals surface area contributed by atoms with Gasteiger partial charge in [-0.25, -0.2) is 0 Å². The fourth-order valence-electron chi connectivity index (χ4n) is 3.33. The second-order valence-electron chi connectivity index (χ2n) is 6.86. The van der Waals surface area contributed by atoms with Gasteiger partial charge in [0.1, 0.15) is 0 Å². The number of aryl methyl sites for hydroxylation is 2. The van der Waals surface area contributed by atoms with Crippen molar-refractivity contribution in [3.05, 3.63) is 40.5 Å². The smallest absolute Gasteiger partial charge is 0.0812 e. The van der Waals surface area contributed by atoms with Crippen molar-refractivity contribution < 1.29 is 5.11 Å². The van der Waals surface area contributed by atoms with Crippen molar-refractivity contribution in [3.8, 4) is 0 Å². The van der Waals surface area contributed by atoms with Gasteiger partial charge in [0.25, 0.3) is 0 Å². The van der Waals surface area contributed by atoms with Gasteiger partial charge in [-0.15, -0.1) is 0 Å². The van der Waals surface area contributed by atoms with Gasteiger partial charge >= 0.3 is 0 Å². The average Bonchev–Trinajstić information content (AvgIpc) is 2.86. The fourth-order valence-corrected chi connectivity index (χ4v) is 3.33. The quantitative estimate of drug-likeness (QED) is 0.884. The summed E-state index contributed by atoms with van der Waals surface area (Å²) in [5.74, 6) is 0. The third-order valence-electron chi connectivity index (χ3n) is 4.46. The lowest BCUT2D eigenvalue weighted by Crippen LogP contribution is -2.27. The number of aromatic amines is 1. The van der Waals surface area contributed by atoms with Gasteiger partial charge in [-0.3, -0.25) is 5.10 Å². The fraction of sp³-hybridized carbons (Fsp3) is 0.562. The zero-order valence-corrected chi connectivity index (χ0v) is 12.7. The van der Waals surface area contributed by atoms with E-state index < -0.39 is 0 Å². The number of nitrogens with zero attached hydrogens (tertiary/aromatic N) is 2. The van der Waals surface area contributed by atoms with Crippen LogP contribution in [0.5, 0.6) is 0 Å². The molecule has 4 nitrogen and oxygen atoms in total. The Labute approximate surface area is 119 Å². The van der Waals surface area contributed by atoms with Crippen LogP contribution in [-0.2, 0) is 13.0 Å². The average molecular weight is 273 g/mol. The zero-order chi connectivity index (χ0) is 14.5. The first-order chi connectivity index (χ1) is 9.37. The van der Waals surface area contributed by atoms with E-state index >= 15 is 0 Å². The van der Waals surface area contributed by atoms with Crippen LogP contribution in [0.4, 0.5) is 0 Å². The number of H-pyrrole nitrogens is 1. The van der Waals surface area contributed by atoms with Gasteiger partial charge < -0.3 is 9.67 Å². The van der Waals surface area contributed by atoms with Crippen LogP contribution in [0.15, 0.2) is 12.3 Å². The van der Waals surface area contributed by atoms with Gasteiger partial charge in [-0.1, -0.05) is 13.8 Å². The number of hydrogen-bond donors (Lipinski definition) is 2. The van der Waals surface area contributed by atoms with Crippen molar-refractivity contribution in [2.75, 3.05) is 0 Å². The number of aliphatic hydroxyl groups is 1. The summed E-state index contributed by atoms with van der Waals surface area (Å²) in [6, 6.07) is 2.14. The van der Waals surface area contributed by atoms with Crippen LogP contribution in [0.25, 0.3) is 0 Å². The molecule has 0 fully saturated rings. The van der Waals surface area contributed by atoms with Crippen LogP contribution < -0.4 is 0 Å². The van der Waals surface area contributed by atoms with Gasteiger partial charge in [0.15, 0.2) is 0 Å². The highest BCUT2D eigenvalue weighted by molar-refractivity contribution is 5.34. The minimum absolute atomic E-state index is 0.153. The molecule has 20 heavy (non-hydrogen) atoms. The van der Waals surface area contributed by atoms with E-state index in [4.69, 9.17) is 0 Å². The molecule has 0 saturated heterocycles. The van der Waals surface area contributed by atoms with E-state index in [-0.39, 0.29) is 11.5 Å². The van der Waals surface area contributed by atoms with Gasteiger partial charge in [-0.2, -0.15) is 5.10 Å². The molecule has 1 aliphatic rings. The maximum absolute atomic E-state index is 10.4. The second kappa shape index (κ2) is 4.48. The zero-order valence-electron chi connectivity index (χ0n) is 12.7. The molecule has 0 aromatic carbocycles. The lowest BCUT2D eigenvalue weighted by atomic mass is 9.75. The minimum Gasteiger partial charge on any atom is -0.388 e. The van der Waals surface area contributed by atoms with E-state index in [2.05, 4.69) is 41.6 Å². The Morgan fingerprint density at radius 1 is 1.45 bits per heavy atom. The lowest BCUT2D eigenvalue weighted by molar-refractivity contribution is 0.0981. The van der Waals surface area contributed by atoms with E-state index in [1.807, 2.05) is 13.1 Å². The molecule has 0 spiro atoms. The first kappa shape index (κ1) is 13.4. The SMILES string of the molecule is Cc1[nH]ncc1Cn1c(C)cc2c1CC(C)(C)CC2O. The first-order valence-electron chi connectivity index (χ1n) is 7.23. The molecule has 2 N–H and O–H groups in total. The molecule has 1 atom stereocenters. The number of fused-ring (bicyclic) bond motifs is 1. The largest absolute Gasteiger partial charge is 0.388 e. The molecule has 108 valence electrons. The number of aliphatic hydroxyl groups excluding tert-OH is 1. The molecule has 1 unspecified atom stereocenters. The number of aromatic nitrogens is 3. The number of hydrogen-bond acceptors (Lipinski definition) is 2. The topological polar surface area (TPSA) is 53.8 Å². The van der Waals surface area contributed by atoms with Crippen molar-refractivity contribution in [2.45, 2.75) is 53.2 Å². The summed E-state index contributed by atoms with van der Waals surface area (Å²) in [4.78, 5) is 0. The Balaban J connectivity index is 2.03. The lowest BCUT2D eigenvalue weighted by Gasteiger charge is -2.34. The third kappa shape index (κ3) is 2.18. The molecule has 0 aliphatic heterocycles. The Morgan fingerprint density at radius 3 is 2.85 bits per heavy atom. The highest BCUT2D eigenvalue weighted by atomic mass is 16.3. The van der Waals surface area contributed by atoms with Gasteiger partial charge in [0.05, 0.1) is 18.8 Å². The first-order valence-corrected chi connectivity index (χ1v) is 7.23. The maximum Gasteiger partial charge on any atom is 0.0812 e. The molecule has 0 radical (unpaired) electrons. The standard InChI is InChI=1S/C16H23N3O/c1-10-5-13-14(6-16(3,4)7-15(13)20)19(10)9-12-8-17-18-11(12)2/h5,8,15,20H,6-7,9H2,1-4H3,(H,17,18). The van der Waals surface area contributed by atoms with Crippen LogP contribution >= 0.6 is 0 Å². The summed E-state index contributed by atoms with van der Waals surface area (Å²) in [7, 11) is 0. The molecule has 2 heterocycles. The summed E-state index contributed by atoms with van der Waals surface area (Å²) in [6.07, 6.45) is 3.42. The van der Waals surface area contributed by atoms with Crippen molar-refractivity contribution in [3.63, 3.8) is 0 Å². The molecular weight excluding hydrogens is 250 g/mol. The minimum atomic E-state index is -0.334. The molecule has 0 saturated carbocycles. The predicted molar refractivity (Wildman–Crippen MR) is 78.7 cm³/mol. The van der Waals surface area contributed by atoms with E-state index in [0.717, 1.165) is 30.6 Å². The summed E-state index contributed by atoms with van der Waals surface area (Å²) >= 11 is 0. The van der Waals surface area contributed by atoms with Crippen molar-refractivity contribution in [1.82, 2.24) is 14.8 Å². The van der Waals surface area contributed by atoms with E-state index in [1.54, 1.807) is 0 Å². The molecule has 0 bridgehead atoms. The van der Waals surface area contributed by atoms with Crippen molar-refractivity contribution in [2.24, 2.45) is 5.41 Å². The van der Waals surface area contributed by atoms with Crippen LogP contribution in [0, 0.1) is 19.3 Å². The van der Waals surface area contributed by atoms with E-state index in [1.165, 1.54) is 17.0 Å². The van der Waals surface area contributed by atoms with Gasteiger partial charge in [0.2, 0.25) is 0 Å². The molecule has 3 rings (SSSR count). The molecular formula is C16H23N3O. The van der Waals surface area contributed by atoms with Crippen molar-refractivity contribution >= 4 is 0 Å². The van der Waals surface area contributed by atoms with E-state index in [9.17, 15) is 5.11 Å². The maximum atomic E-state index is 10.4. The monoisotopic (exact) mass is 273 g/mol. The summed E-state index contributed by atoms with van der Waals surface area (Å²) in [5, 5.41) is 17.5. The summed E-state index contributed by atoms with van der Waals surface area (Å²) in [5.41, 5.74) is 6.09. The third-order valence-corrected chi connectivity index (χ3v) is 4.46. The number of nitrogens with one attached hydrogen (secondary N) is 1. The Kier molecular flexibility index (Phi) is 3.01. The van der Waals surface area contributed by atoms with Gasteiger partial charge in [-0.05, 0) is 38.2 Å². The summed E-state index contributed by atoms with van der Waals surface area (Å²) < 4.78 is 2.33. The Hall–Kier alpha value is -1.55. The van der Waals surface area contributed by atoms with Crippen LogP contribution in [-0.4, -0.2) is 19.9 Å². The molecule has 4 heteroatoms. The van der Waals surface area contributed by atoms with Crippen molar-refractivity contribution in [1.29, 1.82) is 0 Å². The molecule has 2 aromatic heterocycles. The highest BCUT2D eigenvalue weighted by Crippen LogP contribution is 2.42.